The molecule has 0 saturated heterocycles. The van der Waals surface area contributed by atoms with Crippen LogP contribution >= 0.6 is 0 Å². The van der Waals surface area contributed by atoms with E-state index in [4.69, 9.17) is 0 Å². The number of aliphatic hydroxyl groups excluding tert-OH is 1. The predicted octanol–water partition coefficient (Wildman–Crippen LogP) is 2.57. The molecule has 19 heavy (non-hydrogen) atoms. The minimum atomic E-state index is -3.27. The minimum absolute atomic E-state index is 0.0220. The van der Waals surface area contributed by atoms with Gasteiger partial charge in [-0.05, 0) is 43.2 Å². The van der Waals surface area contributed by atoms with Crippen LogP contribution in [0.4, 0.5) is 0 Å². The lowest BCUT2D eigenvalue weighted by atomic mass is 9.81. The van der Waals surface area contributed by atoms with Crippen molar-refractivity contribution >= 4 is 9.84 Å². The Morgan fingerprint density at radius 2 is 1.79 bits per heavy atom. The van der Waals surface area contributed by atoms with Gasteiger partial charge in [0, 0.05) is 0 Å². The highest BCUT2D eigenvalue weighted by Gasteiger charge is 2.44. The van der Waals surface area contributed by atoms with Gasteiger partial charge in [-0.15, -0.1) is 0 Å². The summed E-state index contributed by atoms with van der Waals surface area (Å²) < 4.78 is 24.8. The Kier molecular flexibility index (Phi) is 3.76. The average molecular weight is 282 g/mol. The summed E-state index contributed by atoms with van der Waals surface area (Å²) in [6, 6.07) is 6.98. The maximum absolute atomic E-state index is 12.4. The van der Waals surface area contributed by atoms with E-state index >= 15 is 0 Å². The van der Waals surface area contributed by atoms with Crippen LogP contribution < -0.4 is 0 Å². The molecule has 1 aliphatic carbocycles. The first-order valence-electron chi connectivity index (χ1n) is 6.71. The van der Waals surface area contributed by atoms with Crippen molar-refractivity contribution in [3.8, 4) is 0 Å². The standard InChI is InChI=1S/C15H22O3S/c1-11-4-7-13(8-5-11)19(17,18)10-12-6-9-14(16)15(12,2)3/h4-5,7-8,12,14,16H,6,9-10H2,1-3H3/t12-,14+/m0/s1. The molecular weight excluding hydrogens is 260 g/mol. The molecular formula is C15H22O3S. The van der Waals surface area contributed by atoms with E-state index in [1.165, 1.54) is 0 Å². The molecule has 1 aromatic rings. The molecule has 106 valence electrons. The van der Waals surface area contributed by atoms with Crippen LogP contribution in [0.1, 0.15) is 32.3 Å². The van der Waals surface area contributed by atoms with Gasteiger partial charge in [-0.1, -0.05) is 31.5 Å². The summed E-state index contributed by atoms with van der Waals surface area (Å²) >= 11 is 0. The molecule has 1 aliphatic rings. The van der Waals surface area contributed by atoms with Crippen molar-refractivity contribution in [3.05, 3.63) is 29.8 Å². The van der Waals surface area contributed by atoms with Crippen LogP contribution in [-0.4, -0.2) is 25.4 Å². The van der Waals surface area contributed by atoms with E-state index in [1.807, 2.05) is 32.9 Å². The smallest absolute Gasteiger partial charge is 0.178 e. The van der Waals surface area contributed by atoms with Gasteiger partial charge in [0.2, 0.25) is 0 Å². The molecule has 1 saturated carbocycles. The normalized spacial score (nSPS) is 26.5. The highest BCUT2D eigenvalue weighted by Crippen LogP contribution is 2.44. The third kappa shape index (κ3) is 2.84. The van der Waals surface area contributed by atoms with Gasteiger partial charge in [0.15, 0.2) is 9.84 Å². The van der Waals surface area contributed by atoms with E-state index in [9.17, 15) is 13.5 Å². The molecule has 0 unspecified atom stereocenters. The second kappa shape index (κ2) is 4.91. The van der Waals surface area contributed by atoms with Gasteiger partial charge >= 0.3 is 0 Å². The monoisotopic (exact) mass is 282 g/mol. The van der Waals surface area contributed by atoms with Gasteiger partial charge in [0.25, 0.3) is 0 Å². The van der Waals surface area contributed by atoms with E-state index in [0.717, 1.165) is 12.0 Å². The lowest BCUT2D eigenvalue weighted by Gasteiger charge is -2.29. The summed E-state index contributed by atoms with van der Waals surface area (Å²) in [5.41, 5.74) is 0.730. The van der Waals surface area contributed by atoms with Crippen LogP contribution in [0, 0.1) is 18.3 Å². The van der Waals surface area contributed by atoms with Gasteiger partial charge in [0.1, 0.15) is 0 Å². The second-order valence-electron chi connectivity index (χ2n) is 6.21. The van der Waals surface area contributed by atoms with Crippen molar-refractivity contribution in [3.63, 3.8) is 0 Å². The molecule has 0 aliphatic heterocycles. The Balaban J connectivity index is 2.21. The van der Waals surface area contributed by atoms with Gasteiger partial charge in [-0.25, -0.2) is 8.42 Å². The lowest BCUT2D eigenvalue weighted by molar-refractivity contribution is 0.0596. The van der Waals surface area contributed by atoms with E-state index in [1.54, 1.807) is 12.1 Å². The summed E-state index contributed by atoms with van der Waals surface area (Å²) in [6.07, 6.45) is 1.08. The number of benzene rings is 1. The summed E-state index contributed by atoms with van der Waals surface area (Å²) in [4.78, 5) is 0.385. The maximum Gasteiger partial charge on any atom is 0.178 e. The molecule has 1 fully saturated rings. The molecule has 0 spiro atoms. The second-order valence-corrected chi connectivity index (χ2v) is 8.24. The first-order valence-corrected chi connectivity index (χ1v) is 8.36. The Morgan fingerprint density at radius 1 is 1.21 bits per heavy atom. The summed E-state index contributed by atoms with van der Waals surface area (Å²) in [7, 11) is -3.27. The molecule has 0 heterocycles. The Hall–Kier alpha value is -0.870. The molecule has 2 rings (SSSR count). The Bertz CT molecular complexity index is 543. The van der Waals surface area contributed by atoms with Crippen molar-refractivity contribution in [1.82, 2.24) is 0 Å². The number of aryl methyl sites for hydroxylation is 1. The van der Waals surface area contributed by atoms with E-state index in [-0.39, 0.29) is 17.1 Å². The van der Waals surface area contributed by atoms with Crippen LogP contribution in [0.25, 0.3) is 0 Å². The number of rotatable bonds is 3. The van der Waals surface area contributed by atoms with E-state index in [2.05, 4.69) is 0 Å². The molecule has 1 aromatic carbocycles. The van der Waals surface area contributed by atoms with Gasteiger partial charge < -0.3 is 5.11 Å². The number of hydrogen-bond acceptors (Lipinski definition) is 3. The first kappa shape index (κ1) is 14.5. The number of aliphatic hydroxyl groups is 1. The van der Waals surface area contributed by atoms with Crippen LogP contribution in [0.3, 0.4) is 0 Å². The zero-order valence-electron chi connectivity index (χ0n) is 11.8. The van der Waals surface area contributed by atoms with Crippen LogP contribution in [-0.2, 0) is 9.84 Å². The fraction of sp³-hybridized carbons (Fsp3) is 0.600. The molecule has 0 radical (unpaired) electrons. The Labute approximate surface area is 115 Å². The Morgan fingerprint density at radius 3 is 2.26 bits per heavy atom. The van der Waals surface area contributed by atoms with Gasteiger partial charge in [-0.2, -0.15) is 0 Å². The first-order chi connectivity index (χ1) is 8.73. The average Bonchev–Trinajstić information content (AvgIpc) is 2.56. The number of sulfone groups is 1. The zero-order valence-corrected chi connectivity index (χ0v) is 12.6. The van der Waals surface area contributed by atoms with Crippen molar-refractivity contribution in [1.29, 1.82) is 0 Å². The predicted molar refractivity (Wildman–Crippen MR) is 75.7 cm³/mol. The number of hydrogen-bond donors (Lipinski definition) is 1. The topological polar surface area (TPSA) is 54.4 Å². The molecule has 0 amide bonds. The fourth-order valence-corrected chi connectivity index (χ4v) is 4.65. The summed E-state index contributed by atoms with van der Waals surface area (Å²) in [6.45, 7) is 5.85. The van der Waals surface area contributed by atoms with Crippen molar-refractivity contribution in [2.75, 3.05) is 5.75 Å². The van der Waals surface area contributed by atoms with Crippen molar-refractivity contribution in [2.45, 2.75) is 44.6 Å². The molecule has 2 atom stereocenters. The quantitative estimate of drug-likeness (QED) is 0.927. The van der Waals surface area contributed by atoms with Crippen molar-refractivity contribution < 1.29 is 13.5 Å². The summed E-state index contributed by atoms with van der Waals surface area (Å²) in [5.74, 6) is 0.147. The van der Waals surface area contributed by atoms with Crippen LogP contribution in [0.2, 0.25) is 0 Å². The molecule has 0 bridgehead atoms. The van der Waals surface area contributed by atoms with Gasteiger partial charge in [0.05, 0.1) is 16.8 Å². The molecule has 3 nitrogen and oxygen atoms in total. The lowest BCUT2D eigenvalue weighted by Crippen LogP contribution is -2.32. The summed E-state index contributed by atoms with van der Waals surface area (Å²) in [5, 5.41) is 9.94. The van der Waals surface area contributed by atoms with Crippen LogP contribution in [0.5, 0.6) is 0 Å². The molecule has 4 heteroatoms. The maximum atomic E-state index is 12.4. The van der Waals surface area contributed by atoms with E-state index in [0.29, 0.717) is 11.3 Å². The largest absolute Gasteiger partial charge is 0.393 e. The van der Waals surface area contributed by atoms with Crippen molar-refractivity contribution in [2.24, 2.45) is 11.3 Å². The van der Waals surface area contributed by atoms with E-state index < -0.39 is 15.9 Å². The third-order valence-corrected chi connectivity index (χ3v) is 6.33. The third-order valence-electron chi connectivity index (χ3n) is 4.50. The zero-order chi connectivity index (χ0) is 14.3. The van der Waals surface area contributed by atoms with Gasteiger partial charge in [-0.3, -0.25) is 0 Å². The highest BCUT2D eigenvalue weighted by molar-refractivity contribution is 7.91. The SMILES string of the molecule is Cc1ccc(S(=O)(=O)C[C@@H]2CC[C@@H](O)C2(C)C)cc1. The fourth-order valence-electron chi connectivity index (χ4n) is 2.78. The highest BCUT2D eigenvalue weighted by atomic mass is 32.2. The molecule has 1 N–H and O–H groups in total. The minimum Gasteiger partial charge on any atom is -0.393 e. The molecule has 0 aromatic heterocycles. The van der Waals surface area contributed by atoms with Crippen LogP contribution in [0.15, 0.2) is 29.2 Å².